The summed E-state index contributed by atoms with van der Waals surface area (Å²) >= 11 is 0. The van der Waals surface area contributed by atoms with Crippen molar-refractivity contribution in [2.24, 2.45) is 5.41 Å². The first-order chi connectivity index (χ1) is 6.96. The minimum Gasteiger partial charge on any atom is -0.353 e. The Morgan fingerprint density at radius 3 is 2.47 bits per heavy atom. The van der Waals surface area contributed by atoms with Gasteiger partial charge in [0, 0.05) is 12.6 Å². The van der Waals surface area contributed by atoms with Crippen LogP contribution < -0.4 is 10.6 Å². The topological polar surface area (TPSA) is 41.1 Å². The molecule has 6 heteroatoms. The van der Waals surface area contributed by atoms with Crippen molar-refractivity contribution in [1.29, 1.82) is 0 Å². The van der Waals surface area contributed by atoms with Crippen molar-refractivity contribution in [3.8, 4) is 0 Å². The Morgan fingerprint density at radius 1 is 1.40 bits per heavy atom. The Kier molecular flexibility index (Phi) is 2.41. The van der Waals surface area contributed by atoms with Gasteiger partial charge in [0.1, 0.15) is 0 Å². The molecule has 1 saturated carbocycles. The van der Waals surface area contributed by atoms with E-state index >= 15 is 0 Å². The van der Waals surface area contributed by atoms with Crippen LogP contribution in [0.2, 0.25) is 0 Å². The summed E-state index contributed by atoms with van der Waals surface area (Å²) in [5.41, 5.74) is -2.20. The second-order valence-electron chi connectivity index (χ2n) is 4.25. The monoisotopic (exact) mass is 222 g/mol. The minimum absolute atomic E-state index is 0.0303. The normalized spacial score (nSPS) is 31.7. The highest BCUT2D eigenvalue weighted by Crippen LogP contribution is 2.43. The third-order valence-corrected chi connectivity index (χ3v) is 3.05. The molecule has 1 amide bonds. The summed E-state index contributed by atoms with van der Waals surface area (Å²) in [6, 6.07) is -0.0303. The standard InChI is InChI=1S/C9H13F3N2O/c10-9(11,12)8(3-4-13-5-8)7(15)14-6-1-2-6/h6,13H,1-5H2,(H,14,15). The number of carbonyl (C=O) groups is 1. The zero-order chi connectivity index (χ0) is 11.1. The van der Waals surface area contributed by atoms with Crippen LogP contribution in [-0.4, -0.2) is 31.2 Å². The van der Waals surface area contributed by atoms with Crippen LogP contribution in [-0.2, 0) is 4.79 Å². The van der Waals surface area contributed by atoms with Crippen LogP contribution in [0.4, 0.5) is 13.2 Å². The van der Waals surface area contributed by atoms with Crippen LogP contribution in [0.25, 0.3) is 0 Å². The smallest absolute Gasteiger partial charge is 0.353 e. The van der Waals surface area contributed by atoms with E-state index in [1.165, 1.54) is 0 Å². The van der Waals surface area contributed by atoms with E-state index < -0.39 is 17.5 Å². The molecule has 0 spiro atoms. The molecule has 2 N–H and O–H groups in total. The number of alkyl halides is 3. The van der Waals surface area contributed by atoms with E-state index in [4.69, 9.17) is 0 Å². The first kappa shape index (κ1) is 10.7. The van der Waals surface area contributed by atoms with Gasteiger partial charge in [-0.05, 0) is 25.8 Å². The third kappa shape index (κ3) is 1.82. The molecule has 1 saturated heterocycles. The summed E-state index contributed by atoms with van der Waals surface area (Å²) in [5.74, 6) is -0.859. The van der Waals surface area contributed by atoms with Gasteiger partial charge in [-0.1, -0.05) is 0 Å². The van der Waals surface area contributed by atoms with Gasteiger partial charge in [0.15, 0.2) is 5.41 Å². The van der Waals surface area contributed by atoms with Crippen LogP contribution in [0.5, 0.6) is 0 Å². The van der Waals surface area contributed by atoms with Gasteiger partial charge in [-0.2, -0.15) is 13.2 Å². The fourth-order valence-electron chi connectivity index (χ4n) is 1.81. The Hall–Kier alpha value is -0.780. The van der Waals surface area contributed by atoms with Crippen LogP contribution >= 0.6 is 0 Å². The Balaban J connectivity index is 2.13. The van der Waals surface area contributed by atoms with Crippen LogP contribution in [0.1, 0.15) is 19.3 Å². The van der Waals surface area contributed by atoms with Crippen molar-refractivity contribution in [3.05, 3.63) is 0 Å². The van der Waals surface area contributed by atoms with Crippen molar-refractivity contribution < 1.29 is 18.0 Å². The van der Waals surface area contributed by atoms with Crippen LogP contribution in [0.15, 0.2) is 0 Å². The van der Waals surface area contributed by atoms with Crippen LogP contribution in [0.3, 0.4) is 0 Å². The first-order valence-corrected chi connectivity index (χ1v) is 5.04. The average Bonchev–Trinajstić information content (AvgIpc) is 2.80. The number of carbonyl (C=O) groups excluding carboxylic acids is 1. The van der Waals surface area contributed by atoms with Crippen molar-refractivity contribution in [3.63, 3.8) is 0 Å². The summed E-state index contributed by atoms with van der Waals surface area (Å²) in [6.45, 7) is -0.0490. The first-order valence-electron chi connectivity index (χ1n) is 5.04. The predicted octanol–water partition coefficient (Wildman–Crippen LogP) is 0.807. The van der Waals surface area contributed by atoms with E-state index in [2.05, 4.69) is 10.6 Å². The van der Waals surface area contributed by atoms with Crippen LogP contribution in [0, 0.1) is 5.41 Å². The molecule has 0 aromatic rings. The molecule has 15 heavy (non-hydrogen) atoms. The quantitative estimate of drug-likeness (QED) is 0.725. The Morgan fingerprint density at radius 2 is 2.07 bits per heavy atom. The maximum atomic E-state index is 12.8. The molecule has 2 rings (SSSR count). The van der Waals surface area contributed by atoms with E-state index in [1.807, 2.05) is 0 Å². The number of halogens is 3. The Labute approximate surface area is 85.4 Å². The number of amides is 1. The lowest BCUT2D eigenvalue weighted by Crippen LogP contribution is -2.52. The SMILES string of the molecule is O=C(NC1CC1)C1(C(F)(F)F)CCNC1. The number of hydrogen-bond donors (Lipinski definition) is 2. The molecule has 0 radical (unpaired) electrons. The van der Waals surface area contributed by atoms with Gasteiger partial charge in [-0.15, -0.1) is 0 Å². The lowest BCUT2D eigenvalue weighted by Gasteiger charge is -2.29. The molecule has 0 aromatic heterocycles. The fourth-order valence-corrected chi connectivity index (χ4v) is 1.81. The van der Waals surface area contributed by atoms with Gasteiger partial charge >= 0.3 is 6.18 Å². The summed E-state index contributed by atoms with van der Waals surface area (Å²) in [6.07, 6.45) is -3.02. The van der Waals surface area contributed by atoms with Gasteiger partial charge in [0.05, 0.1) is 0 Å². The molecule has 1 aliphatic heterocycles. The molecule has 2 fully saturated rings. The van der Waals surface area contributed by atoms with Gasteiger partial charge < -0.3 is 10.6 Å². The number of nitrogens with one attached hydrogen (secondary N) is 2. The van der Waals surface area contributed by atoms with E-state index in [9.17, 15) is 18.0 Å². The van der Waals surface area contributed by atoms with E-state index in [0.29, 0.717) is 0 Å². The molecule has 1 atom stereocenters. The van der Waals surface area contributed by atoms with Crippen molar-refractivity contribution in [2.75, 3.05) is 13.1 Å². The molecule has 86 valence electrons. The summed E-state index contributed by atoms with van der Waals surface area (Å²) in [4.78, 5) is 11.6. The van der Waals surface area contributed by atoms with Crippen molar-refractivity contribution in [2.45, 2.75) is 31.5 Å². The fraction of sp³-hybridized carbons (Fsp3) is 0.889. The van der Waals surface area contributed by atoms with Gasteiger partial charge in [0.2, 0.25) is 5.91 Å². The molecule has 0 aromatic carbocycles. The molecule has 0 bridgehead atoms. The van der Waals surface area contributed by atoms with Gasteiger partial charge in [-0.25, -0.2) is 0 Å². The largest absolute Gasteiger partial charge is 0.404 e. The Bertz CT molecular complexity index is 267. The van der Waals surface area contributed by atoms with Gasteiger partial charge in [0.25, 0.3) is 0 Å². The van der Waals surface area contributed by atoms with Crippen molar-refractivity contribution >= 4 is 5.91 Å². The summed E-state index contributed by atoms with van der Waals surface area (Å²) in [5, 5.41) is 5.06. The number of hydrogen-bond acceptors (Lipinski definition) is 2. The number of rotatable bonds is 2. The molecule has 1 aliphatic carbocycles. The van der Waals surface area contributed by atoms with Crippen molar-refractivity contribution in [1.82, 2.24) is 10.6 Å². The molecule has 1 unspecified atom stereocenters. The molecular weight excluding hydrogens is 209 g/mol. The molecular formula is C9H13F3N2O. The molecule has 1 heterocycles. The lowest BCUT2D eigenvalue weighted by molar-refractivity contribution is -0.216. The highest BCUT2D eigenvalue weighted by atomic mass is 19.4. The highest BCUT2D eigenvalue weighted by Gasteiger charge is 2.61. The van der Waals surface area contributed by atoms with Gasteiger partial charge in [-0.3, -0.25) is 4.79 Å². The highest BCUT2D eigenvalue weighted by molar-refractivity contribution is 5.84. The lowest BCUT2D eigenvalue weighted by atomic mass is 9.85. The predicted molar refractivity (Wildman–Crippen MR) is 47.1 cm³/mol. The zero-order valence-electron chi connectivity index (χ0n) is 8.16. The maximum Gasteiger partial charge on any atom is 0.404 e. The zero-order valence-corrected chi connectivity index (χ0v) is 8.16. The molecule has 3 nitrogen and oxygen atoms in total. The third-order valence-electron chi connectivity index (χ3n) is 3.05. The average molecular weight is 222 g/mol. The molecule has 2 aliphatic rings. The van der Waals surface area contributed by atoms with E-state index in [0.717, 1.165) is 12.8 Å². The van der Waals surface area contributed by atoms with E-state index in [1.54, 1.807) is 0 Å². The summed E-state index contributed by atoms with van der Waals surface area (Å²) < 4.78 is 38.5. The maximum absolute atomic E-state index is 12.8. The summed E-state index contributed by atoms with van der Waals surface area (Å²) in [7, 11) is 0. The second kappa shape index (κ2) is 3.37. The second-order valence-corrected chi connectivity index (χ2v) is 4.25. The van der Waals surface area contributed by atoms with E-state index in [-0.39, 0.29) is 25.6 Å². The minimum atomic E-state index is -4.46.